The van der Waals surface area contributed by atoms with Gasteiger partial charge in [-0.3, -0.25) is 4.90 Å². The molecule has 3 nitrogen and oxygen atoms in total. The van der Waals surface area contributed by atoms with Crippen LogP contribution in [0.15, 0.2) is 24.3 Å². The maximum absolute atomic E-state index is 6.29. The van der Waals surface area contributed by atoms with Crippen LogP contribution in [0.25, 0.3) is 0 Å². The Morgan fingerprint density at radius 3 is 2.56 bits per heavy atom. The molecule has 1 aromatic rings. The third-order valence-electron chi connectivity index (χ3n) is 4.03. The average Bonchev–Trinajstić information content (AvgIpc) is 3.15. The third-order valence-corrected chi connectivity index (χ3v) is 4.03. The lowest BCUT2D eigenvalue weighted by Crippen LogP contribution is -2.33. The van der Waals surface area contributed by atoms with Crippen molar-refractivity contribution in [1.29, 1.82) is 0 Å². The molecular weight excluding hydrogens is 224 g/mol. The Morgan fingerprint density at radius 1 is 1.22 bits per heavy atom. The van der Waals surface area contributed by atoms with Crippen LogP contribution in [0.5, 0.6) is 5.75 Å². The van der Waals surface area contributed by atoms with Gasteiger partial charge in [-0.2, -0.15) is 0 Å². The van der Waals surface area contributed by atoms with Gasteiger partial charge in [-0.1, -0.05) is 12.1 Å². The van der Waals surface area contributed by atoms with Crippen molar-refractivity contribution in [2.75, 3.05) is 13.2 Å². The normalized spacial score (nSPS) is 28.6. The number of benzene rings is 1. The molecule has 0 aromatic heterocycles. The Bertz CT molecular complexity index is 399. The van der Waals surface area contributed by atoms with Gasteiger partial charge in [-0.15, -0.1) is 0 Å². The number of ether oxygens (including phenoxy) is 1. The summed E-state index contributed by atoms with van der Waals surface area (Å²) in [6, 6.07) is 9.96. The van der Waals surface area contributed by atoms with Crippen molar-refractivity contribution < 1.29 is 4.74 Å². The van der Waals surface area contributed by atoms with Crippen molar-refractivity contribution >= 4 is 0 Å². The van der Waals surface area contributed by atoms with Crippen LogP contribution in [-0.4, -0.2) is 30.1 Å². The van der Waals surface area contributed by atoms with E-state index < -0.39 is 0 Å². The largest absolute Gasteiger partial charge is 0.494 e. The summed E-state index contributed by atoms with van der Waals surface area (Å²) in [5.41, 5.74) is 7.63. The lowest BCUT2D eigenvalue weighted by Gasteiger charge is -2.27. The molecule has 2 atom stereocenters. The van der Waals surface area contributed by atoms with Crippen LogP contribution >= 0.6 is 0 Å². The summed E-state index contributed by atoms with van der Waals surface area (Å²) < 4.78 is 5.49. The molecule has 1 aromatic carbocycles. The topological polar surface area (TPSA) is 38.5 Å². The van der Waals surface area contributed by atoms with E-state index in [1.165, 1.54) is 18.4 Å². The SMILES string of the molecule is CCOc1ccc(C2C(N)CCN2C2CC2)cc1. The van der Waals surface area contributed by atoms with Gasteiger partial charge < -0.3 is 10.5 Å². The Labute approximate surface area is 109 Å². The zero-order chi connectivity index (χ0) is 12.5. The van der Waals surface area contributed by atoms with Gasteiger partial charge in [0.05, 0.1) is 12.6 Å². The molecule has 1 heterocycles. The highest BCUT2D eigenvalue weighted by Crippen LogP contribution is 2.40. The highest BCUT2D eigenvalue weighted by atomic mass is 16.5. The third kappa shape index (κ3) is 2.25. The van der Waals surface area contributed by atoms with Gasteiger partial charge in [-0.05, 0) is 43.9 Å². The molecule has 3 rings (SSSR count). The molecule has 1 saturated carbocycles. The van der Waals surface area contributed by atoms with Crippen molar-refractivity contribution in [1.82, 2.24) is 4.90 Å². The van der Waals surface area contributed by atoms with Crippen molar-refractivity contribution in [3.8, 4) is 5.75 Å². The molecule has 1 aliphatic carbocycles. The van der Waals surface area contributed by atoms with Gasteiger partial charge in [0.15, 0.2) is 0 Å². The molecule has 1 aliphatic heterocycles. The Balaban J connectivity index is 1.79. The number of likely N-dealkylation sites (tertiary alicyclic amines) is 1. The van der Waals surface area contributed by atoms with E-state index in [9.17, 15) is 0 Å². The van der Waals surface area contributed by atoms with Gasteiger partial charge in [0.1, 0.15) is 5.75 Å². The number of hydrogen-bond donors (Lipinski definition) is 1. The predicted octanol–water partition coefficient (Wildman–Crippen LogP) is 2.32. The van der Waals surface area contributed by atoms with E-state index >= 15 is 0 Å². The number of nitrogens with zero attached hydrogens (tertiary/aromatic N) is 1. The zero-order valence-electron chi connectivity index (χ0n) is 11.0. The second-order valence-corrected chi connectivity index (χ2v) is 5.37. The second kappa shape index (κ2) is 4.90. The fourth-order valence-electron chi connectivity index (χ4n) is 3.02. The summed E-state index contributed by atoms with van der Waals surface area (Å²) in [5.74, 6) is 0.950. The van der Waals surface area contributed by atoms with Crippen molar-refractivity contribution in [2.24, 2.45) is 5.73 Å². The van der Waals surface area contributed by atoms with Crippen molar-refractivity contribution in [3.63, 3.8) is 0 Å². The molecule has 2 aliphatic rings. The summed E-state index contributed by atoms with van der Waals surface area (Å²) in [7, 11) is 0. The van der Waals surface area contributed by atoms with E-state index in [0.29, 0.717) is 6.04 Å². The van der Waals surface area contributed by atoms with Gasteiger partial charge >= 0.3 is 0 Å². The Hall–Kier alpha value is -1.06. The van der Waals surface area contributed by atoms with E-state index in [2.05, 4.69) is 29.2 Å². The molecule has 0 bridgehead atoms. The molecule has 3 heteroatoms. The summed E-state index contributed by atoms with van der Waals surface area (Å²) in [4.78, 5) is 2.60. The number of hydrogen-bond acceptors (Lipinski definition) is 3. The maximum Gasteiger partial charge on any atom is 0.119 e. The van der Waals surface area contributed by atoms with Crippen LogP contribution in [0.4, 0.5) is 0 Å². The molecule has 0 radical (unpaired) electrons. The van der Waals surface area contributed by atoms with Crippen LogP contribution in [0, 0.1) is 0 Å². The van der Waals surface area contributed by atoms with Crippen LogP contribution in [0.3, 0.4) is 0 Å². The molecule has 98 valence electrons. The number of nitrogens with two attached hydrogens (primary N) is 1. The summed E-state index contributed by atoms with van der Waals surface area (Å²) in [5, 5.41) is 0. The minimum absolute atomic E-state index is 0.281. The summed E-state index contributed by atoms with van der Waals surface area (Å²) in [6.45, 7) is 3.88. The fraction of sp³-hybridized carbons (Fsp3) is 0.600. The first-order chi connectivity index (χ1) is 8.79. The van der Waals surface area contributed by atoms with Gasteiger partial charge in [-0.25, -0.2) is 0 Å². The average molecular weight is 246 g/mol. The first kappa shape index (κ1) is 12.0. The molecule has 0 spiro atoms. The molecule has 0 amide bonds. The van der Waals surface area contributed by atoms with Crippen LogP contribution < -0.4 is 10.5 Å². The first-order valence-corrected chi connectivity index (χ1v) is 7.03. The molecule has 18 heavy (non-hydrogen) atoms. The van der Waals surface area contributed by atoms with Crippen molar-refractivity contribution in [2.45, 2.75) is 44.3 Å². The van der Waals surface area contributed by atoms with Gasteiger partial charge in [0.2, 0.25) is 0 Å². The van der Waals surface area contributed by atoms with E-state index in [-0.39, 0.29) is 6.04 Å². The van der Waals surface area contributed by atoms with Crippen LogP contribution in [0.1, 0.15) is 37.8 Å². The van der Waals surface area contributed by atoms with E-state index in [1.807, 2.05) is 6.92 Å². The van der Waals surface area contributed by atoms with E-state index in [0.717, 1.165) is 31.4 Å². The van der Waals surface area contributed by atoms with Crippen LogP contribution in [-0.2, 0) is 0 Å². The maximum atomic E-state index is 6.29. The highest BCUT2D eigenvalue weighted by molar-refractivity contribution is 5.31. The monoisotopic (exact) mass is 246 g/mol. The zero-order valence-corrected chi connectivity index (χ0v) is 11.0. The lowest BCUT2D eigenvalue weighted by atomic mass is 10.0. The second-order valence-electron chi connectivity index (χ2n) is 5.37. The van der Waals surface area contributed by atoms with Crippen molar-refractivity contribution in [3.05, 3.63) is 29.8 Å². The highest BCUT2D eigenvalue weighted by Gasteiger charge is 2.41. The molecule has 1 saturated heterocycles. The standard InChI is InChI=1S/C15H22N2O/c1-2-18-13-7-3-11(4-8-13)15-14(16)9-10-17(15)12-5-6-12/h3-4,7-8,12,14-15H,2,5-6,9-10,16H2,1H3. The summed E-state index contributed by atoms with van der Waals surface area (Å²) in [6.07, 6.45) is 3.81. The minimum Gasteiger partial charge on any atom is -0.494 e. The molecule has 2 N–H and O–H groups in total. The van der Waals surface area contributed by atoms with Crippen LogP contribution in [0.2, 0.25) is 0 Å². The molecule has 2 unspecified atom stereocenters. The first-order valence-electron chi connectivity index (χ1n) is 7.03. The van der Waals surface area contributed by atoms with Gasteiger partial charge in [0.25, 0.3) is 0 Å². The summed E-state index contributed by atoms with van der Waals surface area (Å²) >= 11 is 0. The quantitative estimate of drug-likeness (QED) is 0.886. The Morgan fingerprint density at radius 2 is 1.94 bits per heavy atom. The predicted molar refractivity (Wildman–Crippen MR) is 72.7 cm³/mol. The lowest BCUT2D eigenvalue weighted by molar-refractivity contribution is 0.237. The molecule has 2 fully saturated rings. The van der Waals surface area contributed by atoms with E-state index in [4.69, 9.17) is 10.5 Å². The van der Waals surface area contributed by atoms with E-state index in [1.54, 1.807) is 0 Å². The van der Waals surface area contributed by atoms with Gasteiger partial charge in [0, 0.05) is 18.6 Å². The Kier molecular flexibility index (Phi) is 3.27. The minimum atomic E-state index is 0.281. The number of rotatable bonds is 4. The smallest absolute Gasteiger partial charge is 0.119 e. The fourth-order valence-corrected chi connectivity index (χ4v) is 3.02. The molecular formula is C15H22N2O.